The van der Waals surface area contributed by atoms with Crippen LogP contribution in [-0.4, -0.2) is 26.8 Å². The Morgan fingerprint density at radius 3 is 2.18 bits per heavy atom. The molecule has 0 saturated carbocycles. The zero-order valence-electron chi connectivity index (χ0n) is 10.5. The van der Waals surface area contributed by atoms with E-state index in [1.807, 2.05) is 0 Å². The van der Waals surface area contributed by atoms with E-state index in [1.165, 1.54) is 6.26 Å². The lowest BCUT2D eigenvalue weighted by Gasteiger charge is -2.27. The van der Waals surface area contributed by atoms with Crippen molar-refractivity contribution < 1.29 is 8.42 Å². The van der Waals surface area contributed by atoms with Crippen molar-refractivity contribution >= 4 is 15.5 Å². The molecule has 5 heteroatoms. The van der Waals surface area contributed by atoms with Gasteiger partial charge in [0.2, 0.25) is 0 Å². The Balaban J connectivity index is 2.82. The maximum absolute atomic E-state index is 11.3. The number of nitrogens with two attached hydrogens (primary N) is 1. The molecule has 17 heavy (non-hydrogen) atoms. The number of anilines is 1. The van der Waals surface area contributed by atoms with Crippen LogP contribution in [0.15, 0.2) is 29.2 Å². The molecule has 0 spiro atoms. The van der Waals surface area contributed by atoms with Crippen molar-refractivity contribution in [2.75, 3.05) is 18.1 Å². The van der Waals surface area contributed by atoms with E-state index >= 15 is 0 Å². The molecule has 0 radical (unpaired) electrons. The summed E-state index contributed by atoms with van der Waals surface area (Å²) in [5.41, 5.74) is 6.33. The van der Waals surface area contributed by atoms with Gasteiger partial charge in [-0.25, -0.2) is 8.42 Å². The van der Waals surface area contributed by atoms with Crippen molar-refractivity contribution in [1.29, 1.82) is 0 Å². The van der Waals surface area contributed by atoms with E-state index in [0.717, 1.165) is 12.1 Å². The first kappa shape index (κ1) is 14.0. The molecule has 0 amide bonds. The highest BCUT2D eigenvalue weighted by atomic mass is 32.2. The highest BCUT2D eigenvalue weighted by Crippen LogP contribution is 2.19. The number of rotatable bonds is 5. The fourth-order valence-corrected chi connectivity index (χ4v) is 2.23. The Morgan fingerprint density at radius 1 is 1.24 bits per heavy atom. The van der Waals surface area contributed by atoms with Crippen LogP contribution in [0.5, 0.6) is 0 Å². The van der Waals surface area contributed by atoms with Gasteiger partial charge in [0.05, 0.1) is 4.90 Å². The molecule has 0 unspecified atom stereocenters. The van der Waals surface area contributed by atoms with Gasteiger partial charge in [-0.3, -0.25) is 0 Å². The number of benzene rings is 1. The van der Waals surface area contributed by atoms with Crippen molar-refractivity contribution in [3.05, 3.63) is 24.3 Å². The number of hydrogen-bond acceptors (Lipinski definition) is 4. The first-order chi connectivity index (χ1) is 7.74. The summed E-state index contributed by atoms with van der Waals surface area (Å²) in [5.74, 6) is 0. The third-order valence-electron chi connectivity index (χ3n) is 2.53. The highest BCUT2D eigenvalue weighted by Gasteiger charge is 2.16. The molecule has 0 aliphatic heterocycles. The molecule has 0 aliphatic carbocycles. The van der Waals surface area contributed by atoms with Crippen LogP contribution in [0.3, 0.4) is 0 Å². The molecule has 1 aromatic rings. The summed E-state index contributed by atoms with van der Waals surface area (Å²) in [5, 5.41) is 3.32. The zero-order chi connectivity index (χ0) is 13.1. The third kappa shape index (κ3) is 4.36. The summed E-state index contributed by atoms with van der Waals surface area (Å²) in [7, 11) is -3.12. The lowest BCUT2D eigenvalue weighted by atomic mass is 10.0. The van der Waals surface area contributed by atoms with Crippen LogP contribution in [0, 0.1) is 0 Å². The standard InChI is InChI=1S/C12H20N2O2S/c1-12(2,8-9-13)14-10-4-6-11(7-5-10)17(3,15)16/h4-7,14H,8-9,13H2,1-3H3. The summed E-state index contributed by atoms with van der Waals surface area (Å²) >= 11 is 0. The Labute approximate surface area is 103 Å². The summed E-state index contributed by atoms with van der Waals surface area (Å²) in [6.45, 7) is 4.73. The zero-order valence-corrected chi connectivity index (χ0v) is 11.3. The second kappa shape index (κ2) is 5.06. The van der Waals surface area contributed by atoms with Gasteiger partial charge in [-0.05, 0) is 51.1 Å². The minimum absolute atomic E-state index is 0.0959. The molecule has 96 valence electrons. The van der Waals surface area contributed by atoms with E-state index in [1.54, 1.807) is 24.3 Å². The van der Waals surface area contributed by atoms with Gasteiger partial charge in [0.25, 0.3) is 0 Å². The van der Waals surface area contributed by atoms with Crippen LogP contribution >= 0.6 is 0 Å². The van der Waals surface area contributed by atoms with Gasteiger partial charge in [0.1, 0.15) is 0 Å². The molecule has 0 bridgehead atoms. The Bertz CT molecular complexity index is 464. The van der Waals surface area contributed by atoms with Crippen molar-refractivity contribution in [3.63, 3.8) is 0 Å². The van der Waals surface area contributed by atoms with E-state index in [9.17, 15) is 8.42 Å². The first-order valence-corrected chi connectivity index (χ1v) is 7.42. The molecule has 0 saturated heterocycles. The summed E-state index contributed by atoms with van der Waals surface area (Å²) in [6.07, 6.45) is 2.05. The van der Waals surface area contributed by atoms with Gasteiger partial charge in [-0.15, -0.1) is 0 Å². The van der Waals surface area contributed by atoms with Crippen molar-refractivity contribution in [1.82, 2.24) is 0 Å². The summed E-state index contributed by atoms with van der Waals surface area (Å²) < 4.78 is 22.6. The Morgan fingerprint density at radius 2 is 1.76 bits per heavy atom. The molecule has 3 N–H and O–H groups in total. The normalized spacial score (nSPS) is 12.5. The molecule has 0 atom stereocenters. The van der Waals surface area contributed by atoms with Gasteiger partial charge in [0, 0.05) is 17.5 Å². The average Bonchev–Trinajstić information content (AvgIpc) is 2.16. The molecule has 4 nitrogen and oxygen atoms in total. The van der Waals surface area contributed by atoms with Crippen molar-refractivity contribution in [2.24, 2.45) is 5.73 Å². The molecule has 0 fully saturated rings. The lowest BCUT2D eigenvalue weighted by molar-refractivity contribution is 0.526. The van der Waals surface area contributed by atoms with E-state index < -0.39 is 9.84 Å². The van der Waals surface area contributed by atoms with Crippen LogP contribution in [-0.2, 0) is 9.84 Å². The minimum Gasteiger partial charge on any atom is -0.380 e. The van der Waals surface area contributed by atoms with Gasteiger partial charge in [-0.2, -0.15) is 0 Å². The summed E-state index contributed by atoms with van der Waals surface area (Å²) in [4.78, 5) is 0.333. The molecule has 0 aliphatic rings. The van der Waals surface area contributed by atoms with E-state index in [0.29, 0.717) is 11.4 Å². The molecule has 1 aromatic carbocycles. The van der Waals surface area contributed by atoms with E-state index in [4.69, 9.17) is 5.73 Å². The van der Waals surface area contributed by atoms with Gasteiger partial charge in [0.15, 0.2) is 9.84 Å². The third-order valence-corrected chi connectivity index (χ3v) is 3.66. The maximum atomic E-state index is 11.3. The average molecular weight is 256 g/mol. The van der Waals surface area contributed by atoms with Crippen LogP contribution in [0.4, 0.5) is 5.69 Å². The molecule has 0 aromatic heterocycles. The van der Waals surface area contributed by atoms with E-state index in [-0.39, 0.29) is 5.54 Å². The predicted octanol–water partition coefficient (Wildman–Crippen LogP) is 1.63. The fourth-order valence-electron chi connectivity index (χ4n) is 1.60. The Kier molecular flexibility index (Phi) is 4.16. The number of nitrogens with one attached hydrogen (secondary N) is 1. The van der Waals surface area contributed by atoms with Crippen LogP contribution in [0.2, 0.25) is 0 Å². The largest absolute Gasteiger partial charge is 0.380 e. The highest BCUT2D eigenvalue weighted by molar-refractivity contribution is 7.90. The SMILES string of the molecule is CC(C)(CCN)Nc1ccc(S(C)(=O)=O)cc1. The lowest BCUT2D eigenvalue weighted by Crippen LogP contribution is -2.33. The molecule has 1 rings (SSSR count). The van der Waals surface area contributed by atoms with Crippen LogP contribution in [0.1, 0.15) is 20.3 Å². The first-order valence-electron chi connectivity index (χ1n) is 5.53. The number of sulfone groups is 1. The van der Waals surface area contributed by atoms with E-state index in [2.05, 4.69) is 19.2 Å². The van der Waals surface area contributed by atoms with Crippen molar-refractivity contribution in [2.45, 2.75) is 30.7 Å². The Hall–Kier alpha value is -1.07. The molecule has 0 heterocycles. The number of hydrogen-bond donors (Lipinski definition) is 2. The second-order valence-electron chi connectivity index (χ2n) is 4.84. The monoisotopic (exact) mass is 256 g/mol. The predicted molar refractivity (Wildman–Crippen MR) is 70.9 cm³/mol. The minimum atomic E-state index is -3.12. The van der Waals surface area contributed by atoms with Gasteiger partial charge < -0.3 is 11.1 Å². The van der Waals surface area contributed by atoms with Crippen molar-refractivity contribution in [3.8, 4) is 0 Å². The van der Waals surface area contributed by atoms with Crippen LogP contribution < -0.4 is 11.1 Å². The molecular formula is C12H20N2O2S. The second-order valence-corrected chi connectivity index (χ2v) is 6.86. The van der Waals surface area contributed by atoms with Gasteiger partial charge in [-0.1, -0.05) is 0 Å². The molecular weight excluding hydrogens is 236 g/mol. The smallest absolute Gasteiger partial charge is 0.175 e. The van der Waals surface area contributed by atoms with Crippen LogP contribution in [0.25, 0.3) is 0 Å². The van der Waals surface area contributed by atoms with Gasteiger partial charge >= 0.3 is 0 Å². The summed E-state index contributed by atoms with van der Waals surface area (Å²) in [6, 6.07) is 6.76. The fraction of sp³-hybridized carbons (Fsp3) is 0.500. The maximum Gasteiger partial charge on any atom is 0.175 e. The topological polar surface area (TPSA) is 72.2 Å². The quantitative estimate of drug-likeness (QED) is 0.840.